The average Bonchev–Trinajstić information content (AvgIpc) is 2.37. The van der Waals surface area contributed by atoms with Crippen molar-refractivity contribution < 1.29 is 9.66 Å². The molecule has 1 aliphatic rings. The summed E-state index contributed by atoms with van der Waals surface area (Å²) >= 11 is 0. The molecule has 1 saturated carbocycles. The summed E-state index contributed by atoms with van der Waals surface area (Å²) in [6, 6.07) is 6.81. The summed E-state index contributed by atoms with van der Waals surface area (Å²) in [4.78, 5) is 10.7. The van der Waals surface area contributed by atoms with Gasteiger partial charge in [-0.3, -0.25) is 10.1 Å². The highest BCUT2D eigenvalue weighted by molar-refractivity contribution is 5.41. The molecule has 0 bridgehead atoms. The number of hydrogen-bond donors (Lipinski definition) is 1. The predicted octanol–water partition coefficient (Wildman–Crippen LogP) is 2.81. The third-order valence-corrected chi connectivity index (χ3v) is 4.03. The van der Waals surface area contributed by atoms with E-state index < -0.39 is 0 Å². The predicted molar refractivity (Wildman–Crippen MR) is 73.1 cm³/mol. The van der Waals surface area contributed by atoms with Gasteiger partial charge in [-0.2, -0.15) is 0 Å². The van der Waals surface area contributed by atoms with Gasteiger partial charge in [0.25, 0.3) is 5.69 Å². The number of nitro benzene ring substituents is 1. The van der Waals surface area contributed by atoms with Gasteiger partial charge in [0.15, 0.2) is 0 Å². The zero-order valence-corrected chi connectivity index (χ0v) is 11.4. The molecule has 5 nitrogen and oxygen atoms in total. The maximum absolute atomic E-state index is 11.0. The number of methoxy groups -OCH3 is 1. The van der Waals surface area contributed by atoms with Crippen LogP contribution in [0.2, 0.25) is 0 Å². The second-order valence-electron chi connectivity index (χ2n) is 5.16. The molecule has 1 unspecified atom stereocenters. The lowest BCUT2D eigenvalue weighted by atomic mass is 9.79. The molecule has 0 saturated heterocycles. The van der Waals surface area contributed by atoms with Gasteiger partial charge in [-0.1, -0.05) is 18.2 Å². The molecular weight excluding hydrogens is 244 g/mol. The topological polar surface area (TPSA) is 64.4 Å². The minimum Gasteiger partial charge on any atom is -0.377 e. The van der Waals surface area contributed by atoms with Crippen molar-refractivity contribution in [1.82, 2.24) is 5.32 Å². The van der Waals surface area contributed by atoms with Crippen molar-refractivity contribution in [1.29, 1.82) is 0 Å². The first-order chi connectivity index (χ1) is 9.08. The fourth-order valence-electron chi connectivity index (χ4n) is 2.49. The molecule has 1 N–H and O–H groups in total. The van der Waals surface area contributed by atoms with E-state index in [1.807, 2.05) is 13.0 Å². The van der Waals surface area contributed by atoms with Crippen molar-refractivity contribution in [2.24, 2.45) is 0 Å². The van der Waals surface area contributed by atoms with Crippen molar-refractivity contribution in [3.63, 3.8) is 0 Å². The van der Waals surface area contributed by atoms with Crippen LogP contribution in [0.4, 0.5) is 5.69 Å². The summed E-state index contributed by atoms with van der Waals surface area (Å²) in [6.07, 6.45) is 3.30. The number of nitrogens with one attached hydrogen (secondary N) is 1. The second-order valence-corrected chi connectivity index (χ2v) is 5.16. The van der Waals surface area contributed by atoms with Crippen molar-refractivity contribution in [3.05, 3.63) is 39.9 Å². The molecule has 1 aromatic carbocycles. The average molecular weight is 264 g/mol. The second kappa shape index (κ2) is 5.67. The lowest BCUT2D eigenvalue weighted by Crippen LogP contribution is -2.48. The third-order valence-electron chi connectivity index (χ3n) is 4.03. The van der Waals surface area contributed by atoms with Crippen molar-refractivity contribution >= 4 is 5.69 Å². The highest BCUT2D eigenvalue weighted by atomic mass is 16.6. The Morgan fingerprint density at radius 3 is 2.68 bits per heavy atom. The number of nitro groups is 1. The maximum atomic E-state index is 11.0. The van der Waals surface area contributed by atoms with Gasteiger partial charge >= 0.3 is 0 Å². The standard InChI is InChI=1S/C14H20N2O3/c1-11(15-10-14(19-2)8-5-9-14)12-6-3-4-7-13(12)16(17)18/h3-4,6-7,11,15H,5,8-10H2,1-2H3. The van der Waals surface area contributed by atoms with Crippen molar-refractivity contribution in [2.75, 3.05) is 13.7 Å². The van der Waals surface area contributed by atoms with Crippen LogP contribution in [0.15, 0.2) is 24.3 Å². The van der Waals surface area contributed by atoms with Crippen LogP contribution in [0.1, 0.15) is 37.8 Å². The minimum absolute atomic E-state index is 0.0609. The minimum atomic E-state index is -0.330. The first-order valence-corrected chi connectivity index (χ1v) is 6.60. The van der Waals surface area contributed by atoms with E-state index in [-0.39, 0.29) is 22.3 Å². The number of para-hydroxylation sites is 1. The van der Waals surface area contributed by atoms with Crippen LogP contribution in [0.3, 0.4) is 0 Å². The van der Waals surface area contributed by atoms with Crippen LogP contribution < -0.4 is 5.32 Å². The van der Waals surface area contributed by atoms with Gasteiger partial charge in [-0.15, -0.1) is 0 Å². The van der Waals surface area contributed by atoms with E-state index in [0.717, 1.165) is 24.9 Å². The van der Waals surface area contributed by atoms with Gasteiger partial charge in [0.1, 0.15) is 0 Å². The van der Waals surface area contributed by atoms with Crippen LogP contribution in [0.25, 0.3) is 0 Å². The van der Waals surface area contributed by atoms with E-state index in [4.69, 9.17) is 4.74 Å². The first kappa shape index (κ1) is 14.0. The van der Waals surface area contributed by atoms with Gasteiger partial charge in [0, 0.05) is 31.3 Å². The summed E-state index contributed by atoms with van der Waals surface area (Å²) in [6.45, 7) is 2.68. The third kappa shape index (κ3) is 2.93. The SMILES string of the molecule is COC1(CNC(C)c2ccccc2[N+](=O)[O-])CCC1. The first-order valence-electron chi connectivity index (χ1n) is 6.60. The van der Waals surface area contributed by atoms with E-state index in [9.17, 15) is 10.1 Å². The van der Waals surface area contributed by atoms with Gasteiger partial charge in [0.05, 0.1) is 10.5 Å². The lowest BCUT2D eigenvalue weighted by molar-refractivity contribution is -0.385. The van der Waals surface area contributed by atoms with Crippen LogP contribution in [-0.2, 0) is 4.74 Å². The quantitative estimate of drug-likeness (QED) is 0.634. The van der Waals surface area contributed by atoms with Gasteiger partial charge in [0.2, 0.25) is 0 Å². The fraction of sp³-hybridized carbons (Fsp3) is 0.571. The molecule has 0 spiro atoms. The molecule has 104 valence electrons. The normalized spacial score (nSPS) is 18.6. The zero-order chi connectivity index (χ0) is 13.9. The number of benzene rings is 1. The lowest BCUT2D eigenvalue weighted by Gasteiger charge is -2.41. The molecule has 0 aliphatic heterocycles. The Bertz CT molecular complexity index is 452. The Morgan fingerprint density at radius 1 is 1.47 bits per heavy atom. The van der Waals surface area contributed by atoms with E-state index in [0.29, 0.717) is 0 Å². The molecule has 1 fully saturated rings. The number of hydrogen-bond acceptors (Lipinski definition) is 4. The van der Waals surface area contributed by atoms with Crippen molar-refractivity contribution in [3.8, 4) is 0 Å². The van der Waals surface area contributed by atoms with E-state index in [1.165, 1.54) is 6.42 Å². The molecule has 19 heavy (non-hydrogen) atoms. The molecule has 0 radical (unpaired) electrons. The van der Waals surface area contributed by atoms with E-state index in [1.54, 1.807) is 25.3 Å². The molecular formula is C14H20N2O3. The van der Waals surface area contributed by atoms with Gasteiger partial charge < -0.3 is 10.1 Å². The smallest absolute Gasteiger partial charge is 0.274 e. The summed E-state index contributed by atoms with van der Waals surface area (Å²) in [7, 11) is 1.73. The number of ether oxygens (including phenoxy) is 1. The molecule has 0 heterocycles. The molecule has 0 aromatic heterocycles. The van der Waals surface area contributed by atoms with Crippen LogP contribution in [0.5, 0.6) is 0 Å². The Kier molecular flexibility index (Phi) is 4.17. The Morgan fingerprint density at radius 2 is 2.16 bits per heavy atom. The molecule has 1 aromatic rings. The number of rotatable bonds is 6. The zero-order valence-electron chi connectivity index (χ0n) is 11.4. The molecule has 5 heteroatoms. The molecule has 1 atom stereocenters. The fourth-order valence-corrected chi connectivity index (χ4v) is 2.49. The molecule has 1 aliphatic carbocycles. The summed E-state index contributed by atoms with van der Waals surface area (Å²) in [5.74, 6) is 0. The number of nitrogens with zero attached hydrogens (tertiary/aromatic N) is 1. The van der Waals surface area contributed by atoms with E-state index in [2.05, 4.69) is 5.32 Å². The van der Waals surface area contributed by atoms with Gasteiger partial charge in [-0.25, -0.2) is 0 Å². The Balaban J connectivity index is 2.04. The van der Waals surface area contributed by atoms with Crippen LogP contribution in [0, 0.1) is 10.1 Å². The summed E-state index contributed by atoms with van der Waals surface area (Å²) in [5, 5.41) is 14.4. The highest BCUT2D eigenvalue weighted by Gasteiger charge is 2.37. The maximum Gasteiger partial charge on any atom is 0.274 e. The monoisotopic (exact) mass is 264 g/mol. The van der Waals surface area contributed by atoms with Crippen molar-refractivity contribution in [2.45, 2.75) is 37.8 Å². The summed E-state index contributed by atoms with van der Waals surface area (Å²) in [5.41, 5.74) is 0.818. The Hall–Kier alpha value is -1.46. The Labute approximate surface area is 113 Å². The van der Waals surface area contributed by atoms with Crippen LogP contribution in [-0.4, -0.2) is 24.2 Å². The highest BCUT2D eigenvalue weighted by Crippen LogP contribution is 2.35. The summed E-state index contributed by atoms with van der Waals surface area (Å²) < 4.78 is 5.54. The molecule has 2 rings (SSSR count). The molecule has 0 amide bonds. The van der Waals surface area contributed by atoms with Gasteiger partial charge in [-0.05, 0) is 26.2 Å². The van der Waals surface area contributed by atoms with E-state index >= 15 is 0 Å². The van der Waals surface area contributed by atoms with Crippen LogP contribution >= 0.6 is 0 Å². The largest absolute Gasteiger partial charge is 0.377 e.